The number of benzene rings is 1. The van der Waals surface area contributed by atoms with Gasteiger partial charge in [0.1, 0.15) is 22.1 Å². The van der Waals surface area contributed by atoms with Crippen LogP contribution in [0.1, 0.15) is 11.3 Å². The zero-order chi connectivity index (χ0) is 24.6. The van der Waals surface area contributed by atoms with Gasteiger partial charge in [-0.15, -0.1) is 11.3 Å². The fourth-order valence-electron chi connectivity index (χ4n) is 2.99. The molecule has 0 saturated carbocycles. The maximum absolute atomic E-state index is 13.3. The number of sulfonamides is 1. The van der Waals surface area contributed by atoms with Gasteiger partial charge in [0, 0.05) is 17.6 Å². The third-order valence-electron chi connectivity index (χ3n) is 4.73. The monoisotopic (exact) mass is 539 g/mol. The summed E-state index contributed by atoms with van der Waals surface area (Å²) in [7, 11) is -6.87. The predicted molar refractivity (Wildman–Crippen MR) is 120 cm³/mol. The molecule has 16 heteroatoms. The molecule has 33 heavy (non-hydrogen) atoms. The van der Waals surface area contributed by atoms with Gasteiger partial charge in [0.2, 0.25) is 21.8 Å². The van der Waals surface area contributed by atoms with Crippen LogP contribution in [0.25, 0.3) is 0 Å². The first-order valence-corrected chi connectivity index (χ1v) is 13.4. The average Bonchev–Trinajstić information content (AvgIpc) is 3.20. The summed E-state index contributed by atoms with van der Waals surface area (Å²) in [5, 5.41) is 9.79. The number of amides is 2. The number of anilines is 1. The summed E-state index contributed by atoms with van der Waals surface area (Å²) >= 11 is 6.56. The van der Waals surface area contributed by atoms with E-state index in [0.29, 0.717) is 4.88 Å². The lowest BCUT2D eigenvalue weighted by Crippen LogP contribution is -2.62. The van der Waals surface area contributed by atoms with E-state index in [2.05, 4.69) is 15.4 Å². The standard InChI is InChI=1S/C17H19ClFN5O6S3/c1-24-14(17(26)22-9-2-4-12(19)11(18)6-9)7-13(23-33(24,29)30)16(25)21-8-10-3-5-15(31-10)32(20,27)28/h2-6,13-14,23H,7-8H2,1H3,(H,21,25)(H,22,26)(H2,20,27,28). The second kappa shape index (κ2) is 9.61. The molecule has 2 aromatic rings. The van der Waals surface area contributed by atoms with E-state index in [1.807, 2.05) is 0 Å². The molecule has 0 aliphatic carbocycles. The van der Waals surface area contributed by atoms with Gasteiger partial charge in [-0.1, -0.05) is 11.6 Å². The van der Waals surface area contributed by atoms with Gasteiger partial charge >= 0.3 is 0 Å². The fraction of sp³-hybridized carbons (Fsp3) is 0.294. The summed E-state index contributed by atoms with van der Waals surface area (Å²) in [4.78, 5) is 25.8. The summed E-state index contributed by atoms with van der Waals surface area (Å²) in [5.74, 6) is -2.13. The summed E-state index contributed by atoms with van der Waals surface area (Å²) in [6.07, 6.45) is -0.199. The third-order valence-corrected chi connectivity index (χ3v) is 9.14. The molecule has 2 heterocycles. The Morgan fingerprint density at radius 1 is 1.30 bits per heavy atom. The number of likely N-dealkylation sites (N-methyl/N-ethyl adjacent to an activating group) is 1. The molecule has 2 atom stereocenters. The molecule has 2 unspecified atom stereocenters. The Balaban J connectivity index is 1.70. The van der Waals surface area contributed by atoms with Crippen LogP contribution >= 0.6 is 22.9 Å². The first kappa shape index (κ1) is 25.5. The van der Waals surface area contributed by atoms with Crippen molar-refractivity contribution in [3.8, 4) is 0 Å². The van der Waals surface area contributed by atoms with Crippen molar-refractivity contribution in [2.45, 2.75) is 29.3 Å². The highest BCUT2D eigenvalue weighted by molar-refractivity contribution is 7.91. The Kier molecular flexibility index (Phi) is 7.42. The molecule has 1 aliphatic heterocycles. The second-order valence-corrected chi connectivity index (χ2v) is 12.2. The molecule has 1 saturated heterocycles. The highest BCUT2D eigenvalue weighted by Gasteiger charge is 2.42. The molecule has 11 nitrogen and oxygen atoms in total. The molecule has 1 aromatic heterocycles. The van der Waals surface area contributed by atoms with E-state index in [1.165, 1.54) is 31.3 Å². The van der Waals surface area contributed by atoms with Crippen LogP contribution in [0.2, 0.25) is 5.02 Å². The van der Waals surface area contributed by atoms with E-state index < -0.39 is 49.9 Å². The van der Waals surface area contributed by atoms with Gasteiger partial charge in [0.15, 0.2) is 0 Å². The minimum atomic E-state index is -4.17. The van der Waals surface area contributed by atoms with Crippen molar-refractivity contribution in [1.82, 2.24) is 14.3 Å². The first-order chi connectivity index (χ1) is 15.3. The molecule has 0 radical (unpaired) electrons. The van der Waals surface area contributed by atoms with E-state index >= 15 is 0 Å². The molecule has 180 valence electrons. The third kappa shape index (κ3) is 6.06. The van der Waals surface area contributed by atoms with Gasteiger partial charge in [-0.25, -0.2) is 17.9 Å². The van der Waals surface area contributed by atoms with Gasteiger partial charge in [-0.2, -0.15) is 17.4 Å². The Bertz CT molecular complexity index is 1300. The van der Waals surface area contributed by atoms with Crippen molar-refractivity contribution in [2.24, 2.45) is 5.14 Å². The molecular formula is C17H19ClFN5O6S3. The zero-order valence-electron chi connectivity index (χ0n) is 16.9. The van der Waals surface area contributed by atoms with Crippen molar-refractivity contribution in [3.63, 3.8) is 0 Å². The van der Waals surface area contributed by atoms with Crippen LogP contribution < -0.4 is 20.5 Å². The summed E-state index contributed by atoms with van der Waals surface area (Å²) in [5.41, 5.74) is 0.153. The molecule has 2 amide bonds. The van der Waals surface area contributed by atoms with Crippen molar-refractivity contribution in [1.29, 1.82) is 0 Å². The number of nitrogens with one attached hydrogen (secondary N) is 3. The molecule has 1 aromatic carbocycles. The Hall–Kier alpha value is -2.14. The molecule has 0 spiro atoms. The highest BCUT2D eigenvalue weighted by Crippen LogP contribution is 2.23. The minimum Gasteiger partial charge on any atom is -0.350 e. The maximum atomic E-state index is 13.3. The van der Waals surface area contributed by atoms with Crippen LogP contribution in [0.4, 0.5) is 10.1 Å². The molecule has 5 N–H and O–H groups in total. The number of nitrogens with two attached hydrogens (primary N) is 1. The van der Waals surface area contributed by atoms with Crippen LogP contribution in [-0.4, -0.2) is 52.1 Å². The number of hydrogen-bond acceptors (Lipinski definition) is 7. The van der Waals surface area contributed by atoms with Gasteiger partial charge in [-0.3, -0.25) is 9.59 Å². The van der Waals surface area contributed by atoms with Crippen LogP contribution in [0.15, 0.2) is 34.5 Å². The van der Waals surface area contributed by atoms with Crippen LogP contribution in [-0.2, 0) is 36.4 Å². The SMILES string of the molecule is CN1C(C(=O)Nc2ccc(F)c(Cl)c2)CC(C(=O)NCc2ccc(S(N)(=O)=O)s2)NS1(=O)=O. The Morgan fingerprint density at radius 3 is 2.61 bits per heavy atom. The van der Waals surface area contributed by atoms with E-state index in [1.54, 1.807) is 0 Å². The zero-order valence-corrected chi connectivity index (χ0v) is 20.1. The van der Waals surface area contributed by atoms with Crippen LogP contribution in [0, 0.1) is 5.82 Å². The molecule has 1 aliphatic rings. The van der Waals surface area contributed by atoms with Gasteiger partial charge in [0.05, 0.1) is 11.6 Å². The number of halogens is 2. The van der Waals surface area contributed by atoms with Gasteiger partial charge in [0.25, 0.3) is 10.2 Å². The number of carbonyl (C=O) groups is 2. The Morgan fingerprint density at radius 2 is 2.00 bits per heavy atom. The second-order valence-electron chi connectivity index (χ2n) is 7.04. The van der Waals surface area contributed by atoms with Crippen molar-refractivity contribution < 1.29 is 30.8 Å². The fourth-order valence-corrected chi connectivity index (χ4v) is 6.13. The molecular weight excluding hydrogens is 521 g/mol. The maximum Gasteiger partial charge on any atom is 0.280 e. The van der Waals surface area contributed by atoms with E-state index in [-0.39, 0.29) is 27.9 Å². The minimum absolute atomic E-state index is 0.0714. The molecule has 1 fully saturated rings. The predicted octanol–water partition coefficient (Wildman–Crippen LogP) is 0.350. The van der Waals surface area contributed by atoms with Crippen molar-refractivity contribution in [2.75, 3.05) is 12.4 Å². The van der Waals surface area contributed by atoms with E-state index in [4.69, 9.17) is 16.7 Å². The van der Waals surface area contributed by atoms with Crippen molar-refractivity contribution >= 4 is 60.7 Å². The number of carbonyl (C=O) groups excluding carboxylic acids is 2. The van der Waals surface area contributed by atoms with Crippen molar-refractivity contribution in [3.05, 3.63) is 46.0 Å². The van der Waals surface area contributed by atoms with Crippen LogP contribution in [0.3, 0.4) is 0 Å². The first-order valence-electron chi connectivity index (χ1n) is 9.18. The van der Waals surface area contributed by atoms with E-state index in [0.717, 1.165) is 21.7 Å². The normalized spacial score (nSPS) is 20.8. The number of nitrogens with zero attached hydrogens (tertiary/aromatic N) is 1. The topological polar surface area (TPSA) is 168 Å². The number of primary sulfonamides is 1. The van der Waals surface area contributed by atoms with Gasteiger partial charge in [-0.05, 0) is 36.8 Å². The average molecular weight is 540 g/mol. The lowest BCUT2D eigenvalue weighted by molar-refractivity contribution is -0.124. The molecule has 0 bridgehead atoms. The number of hydrogen-bond donors (Lipinski definition) is 4. The van der Waals surface area contributed by atoms with Crippen LogP contribution in [0.5, 0.6) is 0 Å². The summed E-state index contributed by atoms with van der Waals surface area (Å²) in [6, 6.07) is 3.72. The largest absolute Gasteiger partial charge is 0.350 e. The number of rotatable bonds is 6. The number of thiophene rings is 1. The lowest BCUT2D eigenvalue weighted by Gasteiger charge is -2.35. The lowest BCUT2D eigenvalue weighted by atomic mass is 10.1. The molecule has 3 rings (SSSR count). The van der Waals surface area contributed by atoms with Gasteiger partial charge < -0.3 is 10.6 Å². The summed E-state index contributed by atoms with van der Waals surface area (Å²) < 4.78 is 63.9. The highest BCUT2D eigenvalue weighted by atomic mass is 35.5. The Labute approximate surface area is 198 Å². The van der Waals surface area contributed by atoms with E-state index in [9.17, 15) is 30.8 Å². The summed E-state index contributed by atoms with van der Waals surface area (Å²) in [6.45, 7) is -0.0714. The quantitative estimate of drug-likeness (QED) is 0.413. The smallest absolute Gasteiger partial charge is 0.280 e.